The molecule has 0 aromatic rings. The third kappa shape index (κ3) is 4.55. The van der Waals surface area contributed by atoms with Crippen LogP contribution in [0.1, 0.15) is 77.0 Å². The standard InChI is InChI=1S/C19H33NO2/c21-17-11-13-20(15-17)19(16-7-3-1-4-8-16)12-14-22-18-9-5-2-6-10-18/h16,18-19H,1-15H2. The third-order valence-corrected chi connectivity index (χ3v) is 6.04. The second-order valence-electron chi connectivity index (χ2n) is 7.64. The number of carbonyl (C=O) groups is 1. The normalized spacial score (nSPS) is 27.4. The summed E-state index contributed by atoms with van der Waals surface area (Å²) in [5.41, 5.74) is 0. The molecule has 0 amide bonds. The second kappa shape index (κ2) is 8.44. The van der Waals surface area contributed by atoms with Crippen LogP contribution in [-0.4, -0.2) is 42.5 Å². The smallest absolute Gasteiger partial charge is 0.148 e. The summed E-state index contributed by atoms with van der Waals surface area (Å²) >= 11 is 0. The van der Waals surface area contributed by atoms with Gasteiger partial charge in [0.1, 0.15) is 5.78 Å². The van der Waals surface area contributed by atoms with Crippen LogP contribution in [0.25, 0.3) is 0 Å². The number of carbonyl (C=O) groups excluding carboxylic acids is 1. The zero-order valence-electron chi connectivity index (χ0n) is 14.1. The van der Waals surface area contributed by atoms with E-state index in [2.05, 4.69) is 4.90 Å². The van der Waals surface area contributed by atoms with Gasteiger partial charge in [-0.3, -0.25) is 9.69 Å². The summed E-state index contributed by atoms with van der Waals surface area (Å²) in [5.74, 6) is 1.24. The number of likely N-dealkylation sites (tertiary alicyclic amines) is 1. The molecular weight excluding hydrogens is 274 g/mol. The van der Waals surface area contributed by atoms with E-state index in [1.165, 1.54) is 64.2 Å². The first-order valence-electron chi connectivity index (χ1n) is 9.70. The summed E-state index contributed by atoms with van der Waals surface area (Å²) in [6.45, 7) is 2.59. The first-order chi connectivity index (χ1) is 10.8. The fourth-order valence-electron chi connectivity index (χ4n) is 4.76. The van der Waals surface area contributed by atoms with Crippen molar-refractivity contribution in [3.05, 3.63) is 0 Å². The van der Waals surface area contributed by atoms with E-state index in [-0.39, 0.29) is 0 Å². The highest BCUT2D eigenvalue weighted by Crippen LogP contribution is 2.32. The quantitative estimate of drug-likeness (QED) is 0.744. The maximum atomic E-state index is 11.7. The van der Waals surface area contributed by atoms with E-state index in [0.717, 1.165) is 31.9 Å². The van der Waals surface area contributed by atoms with E-state index in [0.29, 0.717) is 24.5 Å². The van der Waals surface area contributed by atoms with E-state index in [1.807, 2.05) is 0 Å². The Kier molecular flexibility index (Phi) is 6.31. The maximum Gasteiger partial charge on any atom is 0.148 e. The predicted octanol–water partition coefficient (Wildman–Crippen LogP) is 3.95. The monoisotopic (exact) mass is 307 g/mol. The van der Waals surface area contributed by atoms with E-state index in [4.69, 9.17) is 4.74 Å². The molecule has 3 fully saturated rings. The van der Waals surface area contributed by atoms with Gasteiger partial charge in [0.05, 0.1) is 12.6 Å². The van der Waals surface area contributed by atoms with Crippen molar-refractivity contribution < 1.29 is 9.53 Å². The predicted molar refractivity (Wildman–Crippen MR) is 89.0 cm³/mol. The lowest BCUT2D eigenvalue weighted by molar-refractivity contribution is -0.117. The molecule has 22 heavy (non-hydrogen) atoms. The first-order valence-corrected chi connectivity index (χ1v) is 9.70. The van der Waals surface area contributed by atoms with Crippen molar-refractivity contribution in [3.63, 3.8) is 0 Å². The summed E-state index contributed by atoms with van der Waals surface area (Å²) in [7, 11) is 0. The lowest BCUT2D eigenvalue weighted by Crippen LogP contribution is -2.41. The molecule has 0 bridgehead atoms. The van der Waals surface area contributed by atoms with Crippen molar-refractivity contribution in [2.75, 3.05) is 19.7 Å². The molecule has 1 heterocycles. The SMILES string of the molecule is O=C1CCN(C(CCOC2CCCCC2)C2CCCCC2)C1. The van der Waals surface area contributed by atoms with Crippen LogP contribution in [0.4, 0.5) is 0 Å². The number of nitrogens with zero attached hydrogens (tertiary/aromatic N) is 1. The molecule has 2 saturated carbocycles. The zero-order chi connectivity index (χ0) is 15.2. The molecule has 3 heteroatoms. The largest absolute Gasteiger partial charge is 0.378 e. The number of hydrogen-bond donors (Lipinski definition) is 0. The van der Waals surface area contributed by atoms with Crippen LogP contribution in [0.15, 0.2) is 0 Å². The number of rotatable bonds is 6. The van der Waals surface area contributed by atoms with Gasteiger partial charge in [0.15, 0.2) is 0 Å². The molecule has 3 rings (SSSR count). The molecule has 0 N–H and O–H groups in total. The molecule has 0 spiro atoms. The van der Waals surface area contributed by atoms with Crippen molar-refractivity contribution in [1.29, 1.82) is 0 Å². The van der Waals surface area contributed by atoms with Gasteiger partial charge in [0.25, 0.3) is 0 Å². The van der Waals surface area contributed by atoms with Crippen LogP contribution in [0.5, 0.6) is 0 Å². The minimum Gasteiger partial charge on any atom is -0.378 e. The van der Waals surface area contributed by atoms with Gasteiger partial charge in [-0.05, 0) is 38.0 Å². The van der Waals surface area contributed by atoms with Crippen molar-refractivity contribution in [3.8, 4) is 0 Å². The third-order valence-electron chi connectivity index (χ3n) is 6.04. The molecule has 3 aliphatic rings. The van der Waals surface area contributed by atoms with E-state index in [9.17, 15) is 4.79 Å². The van der Waals surface area contributed by atoms with Crippen LogP contribution < -0.4 is 0 Å². The molecule has 1 saturated heterocycles. The van der Waals surface area contributed by atoms with Gasteiger partial charge < -0.3 is 4.74 Å². The lowest BCUT2D eigenvalue weighted by atomic mass is 9.82. The van der Waals surface area contributed by atoms with Gasteiger partial charge in [0.2, 0.25) is 0 Å². The summed E-state index contributed by atoms with van der Waals surface area (Å²) in [6, 6.07) is 0.593. The van der Waals surface area contributed by atoms with Gasteiger partial charge in [-0.25, -0.2) is 0 Å². The number of hydrogen-bond acceptors (Lipinski definition) is 3. The summed E-state index contributed by atoms with van der Waals surface area (Å²) < 4.78 is 6.18. The molecule has 1 atom stereocenters. The molecule has 1 aliphatic heterocycles. The van der Waals surface area contributed by atoms with Crippen molar-refractivity contribution in [2.24, 2.45) is 5.92 Å². The van der Waals surface area contributed by atoms with Crippen LogP contribution in [-0.2, 0) is 9.53 Å². The summed E-state index contributed by atoms with van der Waals surface area (Å²) in [5, 5.41) is 0. The minimum absolute atomic E-state index is 0.439. The Morgan fingerprint density at radius 3 is 2.32 bits per heavy atom. The molecule has 2 aliphatic carbocycles. The second-order valence-corrected chi connectivity index (χ2v) is 7.64. The van der Waals surface area contributed by atoms with Gasteiger partial charge in [-0.2, -0.15) is 0 Å². The highest BCUT2D eigenvalue weighted by molar-refractivity contribution is 5.82. The lowest BCUT2D eigenvalue weighted by Gasteiger charge is -2.36. The molecule has 126 valence electrons. The zero-order valence-corrected chi connectivity index (χ0v) is 14.1. The average Bonchev–Trinajstić information content (AvgIpc) is 2.99. The molecule has 1 unspecified atom stereocenters. The Hall–Kier alpha value is -0.410. The van der Waals surface area contributed by atoms with Crippen molar-refractivity contribution >= 4 is 5.78 Å². The van der Waals surface area contributed by atoms with Crippen molar-refractivity contribution in [1.82, 2.24) is 4.90 Å². The maximum absolute atomic E-state index is 11.7. The van der Waals surface area contributed by atoms with Crippen LogP contribution in [0.2, 0.25) is 0 Å². The topological polar surface area (TPSA) is 29.5 Å². The molecule has 3 nitrogen and oxygen atoms in total. The van der Waals surface area contributed by atoms with Gasteiger partial charge >= 0.3 is 0 Å². The van der Waals surface area contributed by atoms with E-state index < -0.39 is 0 Å². The highest BCUT2D eigenvalue weighted by atomic mass is 16.5. The fourth-order valence-corrected chi connectivity index (χ4v) is 4.76. The molecule has 0 aromatic heterocycles. The Bertz CT molecular complexity index is 345. The van der Waals surface area contributed by atoms with Crippen LogP contribution in [0.3, 0.4) is 0 Å². The van der Waals surface area contributed by atoms with Gasteiger partial charge in [-0.15, -0.1) is 0 Å². The minimum atomic E-state index is 0.439. The molecule has 0 aromatic carbocycles. The van der Waals surface area contributed by atoms with Gasteiger partial charge in [-0.1, -0.05) is 38.5 Å². The van der Waals surface area contributed by atoms with Crippen molar-refractivity contribution in [2.45, 2.75) is 89.2 Å². The fraction of sp³-hybridized carbons (Fsp3) is 0.947. The summed E-state index contributed by atoms with van der Waals surface area (Å²) in [4.78, 5) is 14.2. The number of Topliss-reactive ketones (excluding diaryl/α,β-unsaturated/α-hetero) is 1. The van der Waals surface area contributed by atoms with E-state index in [1.54, 1.807) is 0 Å². The molecular formula is C19H33NO2. The number of ether oxygens (including phenoxy) is 1. The summed E-state index contributed by atoms with van der Waals surface area (Å²) in [6.07, 6.45) is 15.9. The first kappa shape index (κ1) is 16.4. The Morgan fingerprint density at radius 2 is 1.68 bits per heavy atom. The van der Waals surface area contributed by atoms with E-state index >= 15 is 0 Å². The average molecular weight is 307 g/mol. The van der Waals surface area contributed by atoms with Gasteiger partial charge in [0, 0.05) is 25.6 Å². The number of ketones is 1. The highest BCUT2D eigenvalue weighted by Gasteiger charge is 2.32. The van der Waals surface area contributed by atoms with Crippen LogP contribution >= 0.6 is 0 Å². The Labute approximate surface area is 135 Å². The Balaban J connectivity index is 1.49. The Morgan fingerprint density at radius 1 is 1.00 bits per heavy atom. The molecule has 0 radical (unpaired) electrons. The van der Waals surface area contributed by atoms with Crippen LogP contribution in [0, 0.1) is 5.92 Å².